The molecule has 5 rings (SSSR count). The number of hydrogen-bond acceptors (Lipinski definition) is 5. The highest BCUT2D eigenvalue weighted by atomic mass is 16.5. The number of amides is 2. The van der Waals surface area contributed by atoms with Gasteiger partial charge in [-0.3, -0.25) is 14.5 Å². The van der Waals surface area contributed by atoms with Crippen molar-refractivity contribution < 1.29 is 14.3 Å². The zero-order valence-corrected chi connectivity index (χ0v) is 17.6. The van der Waals surface area contributed by atoms with Crippen LogP contribution in [-0.2, 0) is 11.3 Å². The van der Waals surface area contributed by atoms with Crippen LogP contribution in [0.2, 0.25) is 0 Å². The number of aromatic nitrogens is 3. The van der Waals surface area contributed by atoms with Crippen molar-refractivity contribution >= 4 is 23.3 Å². The Morgan fingerprint density at radius 1 is 1.12 bits per heavy atom. The molecule has 0 aliphatic carbocycles. The number of rotatable bonds is 4. The first-order valence-electron chi connectivity index (χ1n) is 10.2. The summed E-state index contributed by atoms with van der Waals surface area (Å²) >= 11 is 0. The topological polar surface area (TPSA) is 103 Å². The van der Waals surface area contributed by atoms with Crippen molar-refractivity contribution in [1.82, 2.24) is 14.4 Å². The van der Waals surface area contributed by atoms with Crippen molar-refractivity contribution in [2.75, 3.05) is 4.90 Å². The molecule has 8 heteroatoms. The highest BCUT2D eigenvalue weighted by Gasteiger charge is 2.34. The Labute approximate surface area is 184 Å². The van der Waals surface area contributed by atoms with Gasteiger partial charge in [0.25, 0.3) is 5.91 Å². The molecular weight excluding hydrogens is 406 g/mol. The molecule has 0 unspecified atom stereocenters. The van der Waals surface area contributed by atoms with E-state index >= 15 is 0 Å². The second-order valence-electron chi connectivity index (χ2n) is 7.72. The summed E-state index contributed by atoms with van der Waals surface area (Å²) in [6.45, 7) is 3.95. The van der Waals surface area contributed by atoms with Crippen LogP contribution in [0.3, 0.4) is 0 Å². The molecular formula is C24H21N5O3. The number of hydrogen-bond donors (Lipinski definition) is 1. The molecule has 1 aromatic carbocycles. The normalized spacial score (nSPS) is 15.5. The number of carbonyl (C=O) groups is 2. The zero-order chi connectivity index (χ0) is 22.4. The predicted octanol–water partition coefficient (Wildman–Crippen LogP) is 3.12. The third-order valence-corrected chi connectivity index (χ3v) is 5.59. The molecule has 0 radical (unpaired) electrons. The summed E-state index contributed by atoms with van der Waals surface area (Å²) in [7, 11) is 0. The van der Waals surface area contributed by atoms with E-state index < -0.39 is 12.0 Å². The number of benzene rings is 1. The van der Waals surface area contributed by atoms with Crippen LogP contribution in [-0.4, -0.2) is 32.3 Å². The molecule has 32 heavy (non-hydrogen) atoms. The maximum atomic E-state index is 13.1. The van der Waals surface area contributed by atoms with E-state index in [4.69, 9.17) is 15.5 Å². The number of primary amides is 1. The number of anilines is 1. The van der Waals surface area contributed by atoms with Gasteiger partial charge in [-0.25, -0.2) is 9.97 Å². The molecule has 0 spiro atoms. The molecule has 4 heterocycles. The molecule has 0 saturated heterocycles. The van der Waals surface area contributed by atoms with E-state index in [9.17, 15) is 9.59 Å². The van der Waals surface area contributed by atoms with Gasteiger partial charge in [-0.15, -0.1) is 0 Å². The smallest absolute Gasteiger partial charge is 0.269 e. The van der Waals surface area contributed by atoms with E-state index in [2.05, 4.69) is 4.98 Å². The fraction of sp³-hybridized carbons (Fsp3) is 0.167. The van der Waals surface area contributed by atoms with Crippen molar-refractivity contribution in [3.05, 3.63) is 77.7 Å². The summed E-state index contributed by atoms with van der Waals surface area (Å²) in [6, 6.07) is 16.3. The van der Waals surface area contributed by atoms with Crippen LogP contribution in [0.15, 0.2) is 60.8 Å². The van der Waals surface area contributed by atoms with E-state index in [1.54, 1.807) is 42.2 Å². The summed E-state index contributed by atoms with van der Waals surface area (Å²) in [5.41, 5.74) is 9.71. The summed E-state index contributed by atoms with van der Waals surface area (Å²) in [5, 5.41) is 0. The molecule has 1 atom stereocenters. The van der Waals surface area contributed by atoms with Gasteiger partial charge < -0.3 is 14.9 Å². The zero-order valence-electron chi connectivity index (χ0n) is 17.6. The Morgan fingerprint density at radius 3 is 2.78 bits per heavy atom. The second-order valence-corrected chi connectivity index (χ2v) is 7.72. The van der Waals surface area contributed by atoms with Crippen LogP contribution in [0.25, 0.3) is 16.9 Å². The first-order valence-corrected chi connectivity index (χ1v) is 10.2. The molecule has 2 amide bonds. The largest absolute Gasteiger partial charge is 0.477 e. The van der Waals surface area contributed by atoms with Gasteiger partial charge in [0.15, 0.2) is 17.7 Å². The molecule has 2 N–H and O–H groups in total. The minimum atomic E-state index is -0.632. The average Bonchev–Trinajstić information content (AvgIpc) is 3.11. The Hall–Kier alpha value is -4.20. The number of ether oxygens (including phenoxy) is 1. The van der Waals surface area contributed by atoms with Gasteiger partial charge >= 0.3 is 0 Å². The lowest BCUT2D eigenvalue weighted by atomic mass is 10.1. The Morgan fingerprint density at radius 2 is 1.97 bits per heavy atom. The van der Waals surface area contributed by atoms with E-state index in [0.29, 0.717) is 29.4 Å². The van der Waals surface area contributed by atoms with Crippen LogP contribution >= 0.6 is 0 Å². The molecule has 0 bridgehead atoms. The maximum absolute atomic E-state index is 13.1. The van der Waals surface area contributed by atoms with E-state index in [-0.39, 0.29) is 5.91 Å². The van der Waals surface area contributed by atoms with Crippen LogP contribution in [0, 0.1) is 6.92 Å². The van der Waals surface area contributed by atoms with Gasteiger partial charge in [0.2, 0.25) is 5.91 Å². The molecule has 3 aromatic heterocycles. The van der Waals surface area contributed by atoms with Crippen molar-refractivity contribution in [2.24, 2.45) is 5.73 Å². The monoisotopic (exact) mass is 427 g/mol. The molecule has 8 nitrogen and oxygen atoms in total. The highest BCUT2D eigenvalue weighted by Crippen LogP contribution is 2.36. The van der Waals surface area contributed by atoms with Crippen molar-refractivity contribution in [3.63, 3.8) is 0 Å². The number of aryl methyl sites for hydroxylation is 1. The lowest BCUT2D eigenvalue weighted by Gasteiger charge is -2.32. The Kier molecular flexibility index (Phi) is 4.62. The van der Waals surface area contributed by atoms with Gasteiger partial charge in [0.1, 0.15) is 5.65 Å². The van der Waals surface area contributed by atoms with Gasteiger partial charge in [-0.1, -0.05) is 18.2 Å². The van der Waals surface area contributed by atoms with Gasteiger partial charge in [-0.05, 0) is 50.2 Å². The third-order valence-electron chi connectivity index (χ3n) is 5.59. The molecule has 160 valence electrons. The quantitative estimate of drug-likeness (QED) is 0.539. The number of carbonyl (C=O) groups excluding carboxylic acids is 2. The number of nitrogens with two attached hydrogens (primary N) is 1. The Bertz CT molecular complexity index is 1380. The van der Waals surface area contributed by atoms with E-state index in [0.717, 1.165) is 22.6 Å². The van der Waals surface area contributed by atoms with Crippen molar-refractivity contribution in [3.8, 4) is 17.0 Å². The standard InChI is InChI=1S/C24H21N5O3/c1-14-19(28-11-4-3-8-21(28)26-14)13-29-23-20(32-15(2)24(29)31)10-9-18(27-23)16-6-5-7-17(12-16)22(25)30/h3-12,15H,13H2,1-2H3,(H2,25,30)/t15-/m1/s1. The fourth-order valence-corrected chi connectivity index (χ4v) is 3.94. The summed E-state index contributed by atoms with van der Waals surface area (Å²) in [6.07, 6.45) is 1.30. The summed E-state index contributed by atoms with van der Waals surface area (Å²) < 4.78 is 7.79. The number of pyridine rings is 2. The SMILES string of the molecule is Cc1nc2ccccn2c1CN1C(=O)[C@@H](C)Oc2ccc(-c3cccc(C(N)=O)c3)nc21. The van der Waals surface area contributed by atoms with Gasteiger partial charge in [0, 0.05) is 17.3 Å². The Balaban J connectivity index is 1.60. The number of fused-ring (bicyclic) bond motifs is 2. The molecule has 1 aliphatic rings. The van der Waals surface area contributed by atoms with E-state index in [1.165, 1.54) is 0 Å². The van der Waals surface area contributed by atoms with Crippen molar-refractivity contribution in [2.45, 2.75) is 26.5 Å². The van der Waals surface area contributed by atoms with Crippen molar-refractivity contribution in [1.29, 1.82) is 0 Å². The number of imidazole rings is 1. The van der Waals surface area contributed by atoms with Crippen LogP contribution < -0.4 is 15.4 Å². The van der Waals surface area contributed by atoms with E-state index in [1.807, 2.05) is 41.8 Å². The lowest BCUT2D eigenvalue weighted by molar-refractivity contribution is -0.125. The van der Waals surface area contributed by atoms with Crippen LogP contribution in [0.5, 0.6) is 5.75 Å². The first kappa shape index (κ1) is 19.7. The van der Waals surface area contributed by atoms with Gasteiger partial charge in [-0.2, -0.15) is 0 Å². The predicted molar refractivity (Wildman–Crippen MR) is 119 cm³/mol. The maximum Gasteiger partial charge on any atom is 0.269 e. The second kappa shape index (κ2) is 7.49. The number of nitrogens with zero attached hydrogens (tertiary/aromatic N) is 4. The minimum Gasteiger partial charge on any atom is -0.477 e. The van der Waals surface area contributed by atoms with Crippen LogP contribution in [0.1, 0.15) is 28.7 Å². The summed E-state index contributed by atoms with van der Waals surface area (Å²) in [5.74, 6) is 0.263. The van der Waals surface area contributed by atoms with Gasteiger partial charge in [0.05, 0.1) is 23.6 Å². The lowest BCUT2D eigenvalue weighted by Crippen LogP contribution is -2.44. The highest BCUT2D eigenvalue weighted by molar-refractivity contribution is 5.99. The molecule has 1 aliphatic heterocycles. The summed E-state index contributed by atoms with van der Waals surface area (Å²) in [4.78, 5) is 35.7. The first-order chi connectivity index (χ1) is 15.4. The third kappa shape index (κ3) is 3.26. The fourth-order valence-electron chi connectivity index (χ4n) is 3.94. The molecule has 4 aromatic rings. The van der Waals surface area contributed by atoms with Crippen LogP contribution in [0.4, 0.5) is 5.82 Å². The minimum absolute atomic E-state index is 0.182. The average molecular weight is 427 g/mol. The molecule has 0 saturated carbocycles. The molecule has 0 fully saturated rings.